The zero-order chi connectivity index (χ0) is 13.4. The lowest BCUT2D eigenvalue weighted by Crippen LogP contribution is -2.34. The SMILES string of the molecule is CCOC(=O)CNC(=O)Nc1ccc(OC)nc1. The van der Waals surface area contributed by atoms with E-state index in [-0.39, 0.29) is 13.2 Å². The number of esters is 1. The minimum atomic E-state index is -0.505. The molecule has 2 amide bonds. The molecular weight excluding hydrogens is 238 g/mol. The van der Waals surface area contributed by atoms with Gasteiger partial charge in [-0.1, -0.05) is 0 Å². The predicted molar refractivity (Wildman–Crippen MR) is 64.4 cm³/mol. The van der Waals surface area contributed by atoms with E-state index in [1.54, 1.807) is 19.1 Å². The highest BCUT2D eigenvalue weighted by Gasteiger charge is 2.06. The Morgan fingerprint density at radius 1 is 1.39 bits per heavy atom. The number of amides is 2. The van der Waals surface area contributed by atoms with Gasteiger partial charge in [0.15, 0.2) is 0 Å². The summed E-state index contributed by atoms with van der Waals surface area (Å²) in [4.78, 5) is 26.3. The van der Waals surface area contributed by atoms with Crippen LogP contribution in [0.25, 0.3) is 0 Å². The third-order valence-electron chi connectivity index (χ3n) is 1.90. The summed E-state index contributed by atoms with van der Waals surface area (Å²) in [5, 5.41) is 4.88. The van der Waals surface area contributed by atoms with Crippen LogP contribution in [0.15, 0.2) is 18.3 Å². The van der Waals surface area contributed by atoms with E-state index in [0.717, 1.165) is 0 Å². The maximum absolute atomic E-state index is 11.4. The van der Waals surface area contributed by atoms with Gasteiger partial charge in [0, 0.05) is 6.07 Å². The quantitative estimate of drug-likeness (QED) is 0.757. The zero-order valence-corrected chi connectivity index (χ0v) is 10.2. The molecule has 0 aliphatic carbocycles. The molecule has 0 bridgehead atoms. The first-order valence-electron chi connectivity index (χ1n) is 5.36. The Kier molecular flexibility index (Phi) is 5.43. The minimum Gasteiger partial charge on any atom is -0.481 e. The molecule has 0 unspecified atom stereocenters. The summed E-state index contributed by atoms with van der Waals surface area (Å²) in [6.07, 6.45) is 1.45. The van der Waals surface area contributed by atoms with Crippen LogP contribution in [0.4, 0.5) is 10.5 Å². The minimum absolute atomic E-state index is 0.177. The number of aromatic nitrogens is 1. The Labute approximate surface area is 104 Å². The number of urea groups is 1. The number of nitrogens with one attached hydrogen (secondary N) is 2. The number of pyridine rings is 1. The van der Waals surface area contributed by atoms with Crippen molar-refractivity contribution < 1.29 is 19.1 Å². The van der Waals surface area contributed by atoms with Crippen LogP contribution in [0.3, 0.4) is 0 Å². The molecule has 18 heavy (non-hydrogen) atoms. The van der Waals surface area contributed by atoms with Crippen LogP contribution >= 0.6 is 0 Å². The predicted octanol–water partition coefficient (Wildman–Crippen LogP) is 0.775. The molecule has 7 heteroatoms. The van der Waals surface area contributed by atoms with Crippen molar-refractivity contribution in [3.63, 3.8) is 0 Å². The number of methoxy groups -OCH3 is 1. The average molecular weight is 253 g/mol. The van der Waals surface area contributed by atoms with Gasteiger partial charge in [-0.15, -0.1) is 0 Å². The molecule has 0 aliphatic rings. The fourth-order valence-corrected chi connectivity index (χ4v) is 1.11. The molecule has 0 aromatic carbocycles. The summed E-state index contributed by atoms with van der Waals surface area (Å²) in [6, 6.07) is 2.74. The topological polar surface area (TPSA) is 89.5 Å². The van der Waals surface area contributed by atoms with Crippen molar-refractivity contribution in [3.05, 3.63) is 18.3 Å². The first kappa shape index (κ1) is 13.8. The summed E-state index contributed by atoms with van der Waals surface area (Å²) < 4.78 is 9.54. The molecule has 1 aromatic heterocycles. The molecule has 0 saturated carbocycles. The van der Waals surface area contributed by atoms with Gasteiger partial charge < -0.3 is 20.1 Å². The number of carbonyl (C=O) groups is 2. The van der Waals surface area contributed by atoms with Gasteiger partial charge in [0.2, 0.25) is 5.88 Å². The highest BCUT2D eigenvalue weighted by atomic mass is 16.5. The highest BCUT2D eigenvalue weighted by Crippen LogP contribution is 2.10. The Hall–Kier alpha value is -2.31. The fraction of sp³-hybridized carbons (Fsp3) is 0.364. The highest BCUT2D eigenvalue weighted by molar-refractivity contribution is 5.91. The molecule has 0 saturated heterocycles. The first-order valence-corrected chi connectivity index (χ1v) is 5.36. The van der Waals surface area contributed by atoms with E-state index in [1.807, 2.05) is 0 Å². The summed E-state index contributed by atoms with van der Waals surface area (Å²) in [5.41, 5.74) is 0.497. The van der Waals surface area contributed by atoms with Crippen molar-refractivity contribution >= 4 is 17.7 Å². The van der Waals surface area contributed by atoms with Crippen LogP contribution in [-0.4, -0.2) is 37.2 Å². The summed E-state index contributed by atoms with van der Waals surface area (Å²) in [7, 11) is 1.50. The third-order valence-corrected chi connectivity index (χ3v) is 1.90. The van der Waals surface area contributed by atoms with Crippen molar-refractivity contribution in [2.24, 2.45) is 0 Å². The number of rotatable bonds is 5. The van der Waals surface area contributed by atoms with E-state index < -0.39 is 12.0 Å². The van der Waals surface area contributed by atoms with E-state index in [1.165, 1.54) is 13.3 Å². The van der Waals surface area contributed by atoms with Crippen molar-refractivity contribution in [3.8, 4) is 5.88 Å². The van der Waals surface area contributed by atoms with Crippen LogP contribution in [0.2, 0.25) is 0 Å². The molecule has 0 atom stereocenters. The lowest BCUT2D eigenvalue weighted by Gasteiger charge is -2.07. The lowest BCUT2D eigenvalue weighted by molar-refractivity contribution is -0.141. The molecule has 7 nitrogen and oxygen atoms in total. The van der Waals surface area contributed by atoms with Gasteiger partial charge in [-0.05, 0) is 13.0 Å². The Balaban J connectivity index is 2.37. The molecule has 0 radical (unpaired) electrons. The van der Waals surface area contributed by atoms with E-state index in [9.17, 15) is 9.59 Å². The van der Waals surface area contributed by atoms with Crippen molar-refractivity contribution in [1.29, 1.82) is 0 Å². The molecule has 0 aliphatic heterocycles. The number of nitrogens with zero attached hydrogens (tertiary/aromatic N) is 1. The standard InChI is InChI=1S/C11H15N3O4/c1-3-18-10(15)7-13-11(16)14-8-4-5-9(17-2)12-6-8/h4-6H,3,7H2,1-2H3,(H2,13,14,16). The van der Waals surface area contributed by atoms with E-state index in [0.29, 0.717) is 11.6 Å². The Morgan fingerprint density at radius 3 is 2.72 bits per heavy atom. The second kappa shape index (κ2) is 7.10. The number of hydrogen-bond donors (Lipinski definition) is 2. The molecule has 1 heterocycles. The van der Waals surface area contributed by atoms with Gasteiger partial charge in [0.05, 0.1) is 25.6 Å². The maximum atomic E-state index is 11.4. The molecule has 1 rings (SSSR count). The van der Waals surface area contributed by atoms with Gasteiger partial charge in [-0.25, -0.2) is 9.78 Å². The van der Waals surface area contributed by atoms with Crippen molar-refractivity contribution in [2.75, 3.05) is 25.6 Å². The maximum Gasteiger partial charge on any atom is 0.325 e. The first-order chi connectivity index (χ1) is 8.65. The van der Waals surface area contributed by atoms with Gasteiger partial charge in [-0.3, -0.25) is 4.79 Å². The Morgan fingerprint density at radius 2 is 2.17 bits per heavy atom. The van der Waals surface area contributed by atoms with Gasteiger partial charge >= 0.3 is 12.0 Å². The molecule has 0 spiro atoms. The third kappa shape index (κ3) is 4.69. The van der Waals surface area contributed by atoms with Gasteiger partial charge in [0.1, 0.15) is 6.54 Å². The largest absolute Gasteiger partial charge is 0.481 e. The van der Waals surface area contributed by atoms with E-state index in [4.69, 9.17) is 4.74 Å². The number of ether oxygens (including phenoxy) is 2. The summed E-state index contributed by atoms with van der Waals surface area (Å²) in [5.74, 6) is -0.0343. The van der Waals surface area contributed by atoms with Crippen LogP contribution in [0.1, 0.15) is 6.92 Å². The normalized spacial score (nSPS) is 9.44. The monoisotopic (exact) mass is 253 g/mol. The smallest absolute Gasteiger partial charge is 0.325 e. The Bertz CT molecular complexity index is 405. The number of carbonyl (C=O) groups excluding carboxylic acids is 2. The lowest BCUT2D eigenvalue weighted by atomic mass is 10.4. The van der Waals surface area contributed by atoms with Crippen LogP contribution in [0, 0.1) is 0 Å². The average Bonchev–Trinajstić information content (AvgIpc) is 2.38. The van der Waals surface area contributed by atoms with Crippen molar-refractivity contribution in [1.82, 2.24) is 10.3 Å². The number of hydrogen-bond acceptors (Lipinski definition) is 5. The molecular formula is C11H15N3O4. The second-order valence-corrected chi connectivity index (χ2v) is 3.20. The summed E-state index contributed by atoms with van der Waals surface area (Å²) >= 11 is 0. The van der Waals surface area contributed by atoms with Crippen LogP contribution in [0.5, 0.6) is 5.88 Å². The van der Waals surface area contributed by atoms with Crippen molar-refractivity contribution in [2.45, 2.75) is 6.92 Å². The zero-order valence-electron chi connectivity index (χ0n) is 10.2. The van der Waals surface area contributed by atoms with Crippen LogP contribution in [-0.2, 0) is 9.53 Å². The van der Waals surface area contributed by atoms with Gasteiger partial charge in [-0.2, -0.15) is 0 Å². The fourth-order valence-electron chi connectivity index (χ4n) is 1.11. The molecule has 98 valence electrons. The number of anilines is 1. The molecule has 2 N–H and O–H groups in total. The van der Waals surface area contributed by atoms with Crippen LogP contribution < -0.4 is 15.4 Å². The van der Waals surface area contributed by atoms with Gasteiger partial charge in [0.25, 0.3) is 0 Å². The van der Waals surface area contributed by atoms with E-state index in [2.05, 4.69) is 20.4 Å². The van der Waals surface area contributed by atoms with E-state index >= 15 is 0 Å². The molecule has 1 aromatic rings. The molecule has 0 fully saturated rings. The summed E-state index contributed by atoms with van der Waals surface area (Å²) in [6.45, 7) is 1.80. The second-order valence-electron chi connectivity index (χ2n) is 3.20.